The van der Waals surface area contributed by atoms with E-state index in [9.17, 15) is 8.42 Å². The van der Waals surface area contributed by atoms with Gasteiger partial charge in [-0.2, -0.15) is 4.31 Å². The van der Waals surface area contributed by atoms with Gasteiger partial charge in [-0.25, -0.2) is 8.42 Å². The van der Waals surface area contributed by atoms with Crippen molar-refractivity contribution >= 4 is 15.7 Å². The highest BCUT2D eigenvalue weighted by Gasteiger charge is 2.34. The molecule has 1 heterocycles. The van der Waals surface area contributed by atoms with Gasteiger partial charge in [-0.05, 0) is 43.5 Å². The number of rotatable bonds is 3. The second-order valence-corrected chi connectivity index (χ2v) is 7.09. The first-order valence-corrected chi connectivity index (χ1v) is 8.28. The zero-order valence-electron chi connectivity index (χ0n) is 12.2. The molecule has 0 saturated carbocycles. The third-order valence-electron chi connectivity index (χ3n) is 3.78. The summed E-state index contributed by atoms with van der Waals surface area (Å²) in [5.41, 5.74) is 7.90. The Hall–Kier alpha value is -1.11. The molecular weight excluding hydrogens is 276 g/mol. The van der Waals surface area contributed by atoms with Crippen LogP contribution in [0.15, 0.2) is 17.0 Å². The van der Waals surface area contributed by atoms with Gasteiger partial charge in [0.1, 0.15) is 0 Å². The molecule has 1 aromatic rings. The van der Waals surface area contributed by atoms with Gasteiger partial charge in [0.05, 0.1) is 18.1 Å². The number of nitrogens with two attached hydrogens (primary N) is 1. The molecule has 0 aromatic heterocycles. The molecule has 1 aromatic carbocycles. The predicted molar refractivity (Wildman–Crippen MR) is 79.1 cm³/mol. The van der Waals surface area contributed by atoms with Crippen molar-refractivity contribution in [2.24, 2.45) is 0 Å². The lowest BCUT2D eigenvalue weighted by molar-refractivity contribution is 0.0314. The molecule has 0 amide bonds. The van der Waals surface area contributed by atoms with Gasteiger partial charge in [-0.3, -0.25) is 0 Å². The molecule has 0 radical (unpaired) electrons. The maximum atomic E-state index is 12.9. The fourth-order valence-corrected chi connectivity index (χ4v) is 4.53. The van der Waals surface area contributed by atoms with E-state index in [1.165, 1.54) is 0 Å². The molecule has 1 aliphatic rings. The van der Waals surface area contributed by atoms with Crippen molar-refractivity contribution in [1.82, 2.24) is 4.31 Å². The van der Waals surface area contributed by atoms with Crippen molar-refractivity contribution in [3.8, 4) is 0 Å². The van der Waals surface area contributed by atoms with E-state index in [4.69, 9.17) is 10.5 Å². The molecule has 0 bridgehead atoms. The number of nitrogen functional groups attached to an aromatic ring is 1. The minimum absolute atomic E-state index is 0.102. The summed E-state index contributed by atoms with van der Waals surface area (Å²) in [6, 6.07) is 3.39. The van der Waals surface area contributed by atoms with Crippen molar-refractivity contribution in [3.63, 3.8) is 0 Å². The number of sulfonamides is 1. The highest BCUT2D eigenvalue weighted by Crippen LogP contribution is 2.28. The molecule has 112 valence electrons. The quantitative estimate of drug-likeness (QED) is 0.862. The van der Waals surface area contributed by atoms with Gasteiger partial charge < -0.3 is 10.5 Å². The van der Waals surface area contributed by atoms with Gasteiger partial charge in [0.15, 0.2) is 0 Å². The Kier molecular flexibility index (Phi) is 4.36. The number of anilines is 1. The van der Waals surface area contributed by atoms with Crippen LogP contribution in [0.3, 0.4) is 0 Å². The lowest BCUT2D eigenvalue weighted by atomic mass is 10.1. The molecule has 5 nitrogen and oxygen atoms in total. The molecular formula is C14H22N2O3S. The molecule has 1 fully saturated rings. The molecule has 0 aliphatic carbocycles. The van der Waals surface area contributed by atoms with E-state index in [1.54, 1.807) is 23.4 Å². The van der Waals surface area contributed by atoms with Crippen LogP contribution < -0.4 is 5.73 Å². The van der Waals surface area contributed by atoms with Crippen LogP contribution in [0.2, 0.25) is 0 Å². The largest absolute Gasteiger partial charge is 0.398 e. The average Bonchev–Trinajstić information content (AvgIpc) is 2.42. The first-order chi connectivity index (χ1) is 9.37. The van der Waals surface area contributed by atoms with Gasteiger partial charge in [0.2, 0.25) is 10.0 Å². The number of hydrogen-bond donors (Lipinski definition) is 1. The summed E-state index contributed by atoms with van der Waals surface area (Å²) in [5, 5.41) is 0. The van der Waals surface area contributed by atoms with Crippen LogP contribution in [-0.4, -0.2) is 38.5 Å². The summed E-state index contributed by atoms with van der Waals surface area (Å²) in [4.78, 5) is 0.315. The first-order valence-electron chi connectivity index (χ1n) is 6.84. The van der Waals surface area contributed by atoms with Crippen LogP contribution in [0, 0.1) is 13.8 Å². The second-order valence-electron chi connectivity index (χ2n) is 5.23. The lowest BCUT2D eigenvalue weighted by Crippen LogP contribution is -2.48. The number of hydrogen-bond acceptors (Lipinski definition) is 4. The Morgan fingerprint density at radius 1 is 1.40 bits per heavy atom. The molecule has 6 heteroatoms. The van der Waals surface area contributed by atoms with Crippen LogP contribution in [0.4, 0.5) is 5.69 Å². The van der Waals surface area contributed by atoms with Gasteiger partial charge >= 0.3 is 0 Å². The Morgan fingerprint density at radius 2 is 2.10 bits per heavy atom. The average molecular weight is 298 g/mol. The number of benzene rings is 1. The van der Waals surface area contributed by atoms with Crippen molar-refractivity contribution in [3.05, 3.63) is 23.3 Å². The van der Waals surface area contributed by atoms with Crippen LogP contribution >= 0.6 is 0 Å². The van der Waals surface area contributed by atoms with E-state index in [-0.39, 0.29) is 6.04 Å². The molecule has 1 saturated heterocycles. The SMILES string of the molecule is CCC1COCCN1S(=O)(=O)c1cc(C)cc(N)c1C. The molecule has 1 atom stereocenters. The van der Waals surface area contributed by atoms with E-state index in [1.807, 2.05) is 13.8 Å². The Balaban J connectivity index is 2.49. The highest BCUT2D eigenvalue weighted by atomic mass is 32.2. The standard InChI is InChI=1S/C14H22N2O3S/c1-4-12-9-19-6-5-16(12)20(17,18)14-8-10(2)7-13(15)11(14)3/h7-8,12H,4-6,9,15H2,1-3H3. The highest BCUT2D eigenvalue weighted by molar-refractivity contribution is 7.89. The zero-order chi connectivity index (χ0) is 14.9. The molecule has 2 N–H and O–H groups in total. The van der Waals surface area contributed by atoms with E-state index >= 15 is 0 Å². The van der Waals surface area contributed by atoms with E-state index < -0.39 is 10.0 Å². The van der Waals surface area contributed by atoms with Crippen molar-refractivity contribution < 1.29 is 13.2 Å². The molecule has 1 unspecified atom stereocenters. The Morgan fingerprint density at radius 3 is 2.75 bits per heavy atom. The Labute approximate surface area is 120 Å². The van der Waals surface area contributed by atoms with E-state index in [0.717, 1.165) is 12.0 Å². The second kappa shape index (κ2) is 5.71. The van der Waals surface area contributed by atoms with Crippen molar-refractivity contribution in [2.75, 3.05) is 25.5 Å². The molecule has 20 heavy (non-hydrogen) atoms. The third kappa shape index (κ3) is 2.68. The lowest BCUT2D eigenvalue weighted by Gasteiger charge is -2.34. The topological polar surface area (TPSA) is 72.6 Å². The number of nitrogens with zero attached hydrogens (tertiary/aromatic N) is 1. The predicted octanol–water partition coefficient (Wildman–Crippen LogP) is 1.69. The Bertz CT molecular complexity index is 599. The normalized spacial score (nSPS) is 21.1. The summed E-state index contributed by atoms with van der Waals surface area (Å²) in [6.45, 7) is 6.87. The summed E-state index contributed by atoms with van der Waals surface area (Å²) in [7, 11) is -3.53. The number of aryl methyl sites for hydroxylation is 1. The summed E-state index contributed by atoms with van der Waals surface area (Å²) >= 11 is 0. The third-order valence-corrected chi connectivity index (χ3v) is 5.85. The molecule has 2 rings (SSSR count). The number of ether oxygens (including phenoxy) is 1. The van der Waals surface area contributed by atoms with Crippen LogP contribution in [0.1, 0.15) is 24.5 Å². The van der Waals surface area contributed by atoms with Crippen molar-refractivity contribution in [2.45, 2.75) is 38.1 Å². The summed E-state index contributed by atoms with van der Waals surface area (Å²) in [5.74, 6) is 0. The van der Waals surface area contributed by atoms with E-state index in [0.29, 0.717) is 35.9 Å². The summed E-state index contributed by atoms with van der Waals surface area (Å²) in [6.07, 6.45) is 0.736. The smallest absolute Gasteiger partial charge is 0.243 e. The van der Waals surface area contributed by atoms with E-state index in [2.05, 4.69) is 0 Å². The monoisotopic (exact) mass is 298 g/mol. The fourth-order valence-electron chi connectivity index (χ4n) is 2.52. The molecule has 0 spiro atoms. The van der Waals surface area contributed by atoms with Gasteiger partial charge in [-0.15, -0.1) is 0 Å². The van der Waals surface area contributed by atoms with Crippen LogP contribution in [0.5, 0.6) is 0 Å². The van der Waals surface area contributed by atoms with Crippen LogP contribution in [-0.2, 0) is 14.8 Å². The minimum atomic E-state index is -3.53. The maximum absolute atomic E-state index is 12.9. The van der Waals surface area contributed by atoms with Gasteiger partial charge in [0.25, 0.3) is 0 Å². The molecule has 1 aliphatic heterocycles. The first kappa shape index (κ1) is 15.3. The summed E-state index contributed by atoms with van der Waals surface area (Å²) < 4.78 is 32.7. The zero-order valence-corrected chi connectivity index (χ0v) is 13.0. The van der Waals surface area contributed by atoms with Gasteiger partial charge in [0, 0.05) is 18.3 Å². The minimum Gasteiger partial charge on any atom is -0.398 e. The van der Waals surface area contributed by atoms with Gasteiger partial charge in [-0.1, -0.05) is 6.92 Å². The number of morpholine rings is 1. The van der Waals surface area contributed by atoms with Crippen LogP contribution in [0.25, 0.3) is 0 Å². The van der Waals surface area contributed by atoms with Crippen molar-refractivity contribution in [1.29, 1.82) is 0 Å². The maximum Gasteiger partial charge on any atom is 0.243 e. The fraction of sp³-hybridized carbons (Fsp3) is 0.571.